The van der Waals surface area contributed by atoms with Crippen molar-refractivity contribution >= 4 is 19.7 Å². The highest BCUT2D eigenvalue weighted by Crippen LogP contribution is 2.42. The number of hydrogen-bond acceptors (Lipinski definition) is 7. The van der Waals surface area contributed by atoms with Crippen LogP contribution < -0.4 is 5.32 Å². The Bertz CT molecular complexity index is 784. The molecule has 1 amide bonds. The molecule has 0 bridgehead atoms. The molecule has 0 saturated heterocycles. The number of carbonyl (C=O) groups is 2. The molecular formula is C39H78NO8P. The van der Waals surface area contributed by atoms with Crippen LogP contribution in [0.2, 0.25) is 0 Å². The van der Waals surface area contributed by atoms with E-state index in [1.54, 1.807) is 0 Å². The normalized spacial score (nSPS) is 13.3. The van der Waals surface area contributed by atoms with E-state index in [2.05, 4.69) is 19.2 Å². The van der Waals surface area contributed by atoms with Gasteiger partial charge in [-0.3, -0.25) is 18.6 Å². The second kappa shape index (κ2) is 36.8. The van der Waals surface area contributed by atoms with E-state index < -0.39 is 26.5 Å². The minimum atomic E-state index is -4.40. The number of phosphoric acid groups is 1. The van der Waals surface area contributed by atoms with Crippen molar-refractivity contribution in [2.24, 2.45) is 0 Å². The molecule has 2 unspecified atom stereocenters. The number of amides is 1. The fourth-order valence-corrected chi connectivity index (χ4v) is 6.67. The molecule has 0 aromatic carbocycles. The van der Waals surface area contributed by atoms with Crippen molar-refractivity contribution in [1.82, 2.24) is 5.32 Å². The third kappa shape index (κ3) is 38.1. The summed E-state index contributed by atoms with van der Waals surface area (Å²) in [6.45, 7) is 3.57. The number of rotatable bonds is 39. The van der Waals surface area contributed by atoms with Gasteiger partial charge in [0.25, 0.3) is 0 Å². The molecule has 0 aromatic rings. The van der Waals surface area contributed by atoms with Crippen molar-refractivity contribution < 1.29 is 37.9 Å². The molecule has 0 spiro atoms. The summed E-state index contributed by atoms with van der Waals surface area (Å²) in [6, 6.07) is 0. The van der Waals surface area contributed by atoms with Gasteiger partial charge in [-0.2, -0.15) is 0 Å². The molecule has 2 atom stereocenters. The summed E-state index contributed by atoms with van der Waals surface area (Å²) in [4.78, 5) is 33.8. The Hall–Kier alpha value is -0.990. The van der Waals surface area contributed by atoms with E-state index in [0.29, 0.717) is 6.42 Å². The highest BCUT2D eigenvalue weighted by atomic mass is 31.2. The largest absolute Gasteiger partial charge is 0.472 e. The van der Waals surface area contributed by atoms with Gasteiger partial charge in [-0.25, -0.2) is 4.57 Å². The fourth-order valence-electron chi connectivity index (χ4n) is 5.91. The minimum Gasteiger partial charge on any atom is -0.463 e. The van der Waals surface area contributed by atoms with Crippen LogP contribution in [0.4, 0.5) is 0 Å². The van der Waals surface area contributed by atoms with E-state index >= 15 is 0 Å². The molecule has 3 N–H and O–H groups in total. The van der Waals surface area contributed by atoms with Gasteiger partial charge in [0.1, 0.15) is 12.7 Å². The molecule has 10 heteroatoms. The molecule has 9 nitrogen and oxygen atoms in total. The molecule has 0 heterocycles. The number of carbonyl (C=O) groups excluding carboxylic acids is 2. The number of esters is 1. The zero-order valence-electron chi connectivity index (χ0n) is 31.9. The first-order chi connectivity index (χ1) is 23.8. The highest BCUT2D eigenvalue weighted by molar-refractivity contribution is 7.47. The van der Waals surface area contributed by atoms with Crippen LogP contribution in [0.3, 0.4) is 0 Å². The molecule has 0 aliphatic rings. The lowest BCUT2D eigenvalue weighted by Crippen LogP contribution is -2.27. The van der Waals surface area contributed by atoms with Crippen LogP contribution in [0.1, 0.15) is 206 Å². The Morgan fingerprint density at radius 1 is 0.551 bits per heavy atom. The van der Waals surface area contributed by atoms with Crippen molar-refractivity contribution in [1.29, 1.82) is 0 Å². The third-order valence-corrected chi connectivity index (χ3v) is 10.0. The summed E-state index contributed by atoms with van der Waals surface area (Å²) in [5.41, 5.74) is 0. The quantitative estimate of drug-likeness (QED) is 0.0325. The van der Waals surface area contributed by atoms with E-state index in [0.717, 1.165) is 38.5 Å². The molecular weight excluding hydrogens is 641 g/mol. The van der Waals surface area contributed by atoms with Crippen LogP contribution in [0, 0.1) is 0 Å². The maximum atomic E-state index is 12.1. The number of unbranched alkanes of at least 4 members (excludes halogenated alkanes) is 26. The first-order valence-corrected chi connectivity index (χ1v) is 22.0. The highest BCUT2D eigenvalue weighted by Gasteiger charge is 2.23. The number of ether oxygens (including phenoxy) is 1. The lowest BCUT2D eigenvalue weighted by Gasteiger charge is -2.15. The average Bonchev–Trinajstić information content (AvgIpc) is 3.08. The first kappa shape index (κ1) is 48.0. The van der Waals surface area contributed by atoms with Gasteiger partial charge in [0.05, 0.1) is 13.2 Å². The standard InChI is InChI=1S/C39H78NO8P/c1-3-5-7-9-11-13-15-17-18-19-20-21-23-25-27-29-31-38(42)40-33-34-47-49(44,45)48-36-37(41)35-46-39(43)32-30-28-26-24-22-16-14-12-10-8-6-4-2/h37,41H,3-36H2,1-2H3,(H,40,42)(H,44,45). The predicted octanol–water partition coefficient (Wildman–Crippen LogP) is 10.9. The summed E-state index contributed by atoms with van der Waals surface area (Å²) >= 11 is 0. The van der Waals surface area contributed by atoms with Crippen LogP contribution in [0.5, 0.6) is 0 Å². The molecule has 292 valence electrons. The van der Waals surface area contributed by atoms with Gasteiger partial charge in [-0.1, -0.05) is 181 Å². The lowest BCUT2D eigenvalue weighted by molar-refractivity contribution is -0.147. The van der Waals surface area contributed by atoms with Gasteiger partial charge < -0.3 is 20.1 Å². The van der Waals surface area contributed by atoms with Gasteiger partial charge in [0.15, 0.2) is 0 Å². The van der Waals surface area contributed by atoms with Gasteiger partial charge in [-0.15, -0.1) is 0 Å². The topological polar surface area (TPSA) is 131 Å². The first-order valence-electron chi connectivity index (χ1n) is 20.5. The van der Waals surface area contributed by atoms with Crippen molar-refractivity contribution in [3.63, 3.8) is 0 Å². The Morgan fingerprint density at radius 3 is 1.33 bits per heavy atom. The third-order valence-electron chi connectivity index (χ3n) is 9.04. The Kier molecular flexibility index (Phi) is 36.0. The number of phosphoric ester groups is 1. The summed E-state index contributed by atoms with van der Waals surface area (Å²) in [6.07, 6.45) is 34.6. The van der Waals surface area contributed by atoms with Crippen LogP contribution in [-0.4, -0.2) is 54.3 Å². The van der Waals surface area contributed by atoms with Crippen LogP contribution in [0.25, 0.3) is 0 Å². The van der Waals surface area contributed by atoms with Crippen molar-refractivity contribution in [2.75, 3.05) is 26.4 Å². The number of aliphatic hydroxyl groups excluding tert-OH is 1. The Labute approximate surface area is 301 Å². The minimum absolute atomic E-state index is 0.0882. The summed E-state index contributed by atoms with van der Waals surface area (Å²) < 4.78 is 26.8. The van der Waals surface area contributed by atoms with Gasteiger partial charge >= 0.3 is 13.8 Å². The van der Waals surface area contributed by atoms with E-state index in [1.807, 2.05) is 0 Å². The van der Waals surface area contributed by atoms with E-state index in [4.69, 9.17) is 13.8 Å². The predicted molar refractivity (Wildman–Crippen MR) is 202 cm³/mol. The molecule has 0 radical (unpaired) electrons. The molecule has 49 heavy (non-hydrogen) atoms. The van der Waals surface area contributed by atoms with E-state index in [-0.39, 0.29) is 32.1 Å². The van der Waals surface area contributed by atoms with Crippen molar-refractivity contribution in [3.8, 4) is 0 Å². The Morgan fingerprint density at radius 2 is 0.918 bits per heavy atom. The van der Waals surface area contributed by atoms with Crippen molar-refractivity contribution in [2.45, 2.75) is 213 Å². The number of hydrogen-bond donors (Lipinski definition) is 3. The molecule has 0 saturated carbocycles. The van der Waals surface area contributed by atoms with Gasteiger partial charge in [0, 0.05) is 19.4 Å². The average molecular weight is 720 g/mol. The van der Waals surface area contributed by atoms with Crippen LogP contribution in [-0.2, 0) is 27.9 Å². The van der Waals surface area contributed by atoms with Gasteiger partial charge in [0.2, 0.25) is 5.91 Å². The van der Waals surface area contributed by atoms with E-state index in [9.17, 15) is 24.2 Å². The maximum absolute atomic E-state index is 12.1. The van der Waals surface area contributed by atoms with Crippen molar-refractivity contribution in [3.05, 3.63) is 0 Å². The smallest absolute Gasteiger partial charge is 0.463 e. The summed E-state index contributed by atoms with van der Waals surface area (Å²) in [5, 5.41) is 12.7. The molecule has 0 fully saturated rings. The molecule has 0 aliphatic carbocycles. The zero-order valence-corrected chi connectivity index (χ0v) is 32.8. The number of nitrogens with one attached hydrogen (secondary N) is 1. The summed E-state index contributed by atoms with van der Waals surface area (Å²) in [5.74, 6) is -0.506. The Balaban J connectivity index is 3.56. The number of aliphatic hydroxyl groups is 1. The van der Waals surface area contributed by atoms with Crippen LogP contribution in [0.15, 0.2) is 0 Å². The van der Waals surface area contributed by atoms with Crippen LogP contribution >= 0.6 is 7.82 Å². The van der Waals surface area contributed by atoms with Gasteiger partial charge in [-0.05, 0) is 12.8 Å². The maximum Gasteiger partial charge on any atom is 0.472 e. The molecule has 0 aromatic heterocycles. The monoisotopic (exact) mass is 720 g/mol. The summed E-state index contributed by atoms with van der Waals surface area (Å²) in [7, 11) is -4.40. The molecule has 0 rings (SSSR count). The second-order valence-electron chi connectivity index (χ2n) is 14.0. The second-order valence-corrected chi connectivity index (χ2v) is 15.4. The van der Waals surface area contributed by atoms with E-state index in [1.165, 1.54) is 141 Å². The fraction of sp³-hybridized carbons (Fsp3) is 0.949. The zero-order chi connectivity index (χ0) is 36.1. The lowest BCUT2D eigenvalue weighted by atomic mass is 10.0. The SMILES string of the molecule is CCCCCCCCCCCCCCCCCCC(=O)NCCOP(=O)(O)OCC(O)COC(=O)CCCCCCCCCCCCCC. The molecule has 0 aliphatic heterocycles.